The van der Waals surface area contributed by atoms with E-state index in [1.165, 1.54) is 25.7 Å². The van der Waals surface area contributed by atoms with Crippen molar-refractivity contribution in [3.05, 3.63) is 6.42 Å². The molecule has 0 rings (SSSR count). The van der Waals surface area contributed by atoms with Gasteiger partial charge in [0.2, 0.25) is 0 Å². The summed E-state index contributed by atoms with van der Waals surface area (Å²) >= 11 is 0. The monoisotopic (exact) mass is 212 g/mol. The van der Waals surface area contributed by atoms with E-state index < -0.39 is 0 Å². The topological polar surface area (TPSA) is 0 Å². The molecule has 0 saturated carbocycles. The van der Waals surface area contributed by atoms with Gasteiger partial charge >= 0.3 is 58.2 Å². The van der Waals surface area contributed by atoms with E-state index in [1.807, 2.05) is 0 Å². The van der Waals surface area contributed by atoms with Crippen molar-refractivity contribution >= 4 is 0 Å². The van der Waals surface area contributed by atoms with Crippen molar-refractivity contribution in [1.82, 2.24) is 0 Å². The molecule has 0 aliphatic heterocycles. The summed E-state index contributed by atoms with van der Waals surface area (Å²) in [6.45, 7) is 6.77. The number of hydrogen-bond donors (Lipinski definition) is 0. The number of unbranched alkanes of at least 4 members (excludes halogenated alkanes) is 3. The molecule has 56 valence electrons. The van der Waals surface area contributed by atoms with Crippen LogP contribution in [-0.4, -0.2) is 0 Å². The average Bonchev–Trinajstić information content (AvgIpc) is 1.80. The van der Waals surface area contributed by atoms with E-state index in [0.717, 1.165) is 5.92 Å². The molecule has 0 aromatic carbocycles. The van der Waals surface area contributed by atoms with Crippen LogP contribution in [0.4, 0.5) is 0 Å². The van der Waals surface area contributed by atoms with Crippen LogP contribution in [-0.2, 0) is 0 Å². The molecule has 0 bridgehead atoms. The van der Waals surface area contributed by atoms with Crippen LogP contribution in [0.15, 0.2) is 0 Å². The van der Waals surface area contributed by atoms with Crippen LogP contribution in [0.25, 0.3) is 0 Å². The van der Waals surface area contributed by atoms with Gasteiger partial charge in [-0.05, 0) is 5.92 Å². The Labute approximate surface area is 115 Å². The third-order valence-electron chi connectivity index (χ3n) is 1.48. The van der Waals surface area contributed by atoms with Crippen molar-refractivity contribution in [2.45, 2.75) is 46.5 Å². The van der Waals surface area contributed by atoms with Crippen molar-refractivity contribution in [2.75, 3.05) is 0 Å². The van der Waals surface area contributed by atoms with E-state index >= 15 is 0 Å². The summed E-state index contributed by atoms with van der Waals surface area (Å²) in [5.74, 6) is 0.884. The zero-order valence-corrected chi connectivity index (χ0v) is 12.9. The molecular formula is C9H19Rb. The van der Waals surface area contributed by atoms with Crippen molar-refractivity contribution in [2.24, 2.45) is 5.92 Å². The molecule has 0 aromatic rings. The Morgan fingerprint density at radius 1 is 1.30 bits per heavy atom. The Morgan fingerprint density at radius 2 is 1.90 bits per heavy atom. The molecule has 0 fully saturated rings. The second-order valence-electron chi connectivity index (χ2n) is 3.02. The molecule has 0 heterocycles. The first kappa shape index (κ1) is 14.3. The fourth-order valence-electron chi connectivity index (χ4n) is 0.875. The average molecular weight is 213 g/mol. The van der Waals surface area contributed by atoms with E-state index in [-0.39, 0.29) is 58.2 Å². The zero-order chi connectivity index (χ0) is 7.11. The summed E-state index contributed by atoms with van der Waals surface area (Å²) in [7, 11) is 0. The van der Waals surface area contributed by atoms with Crippen LogP contribution < -0.4 is 58.2 Å². The molecule has 10 heavy (non-hydrogen) atoms. The number of rotatable bonds is 5. The van der Waals surface area contributed by atoms with Crippen LogP contribution in [0.5, 0.6) is 0 Å². The van der Waals surface area contributed by atoms with Gasteiger partial charge in [-0.15, -0.1) is 0 Å². The van der Waals surface area contributed by atoms with Gasteiger partial charge in [-0.1, -0.05) is 33.6 Å². The summed E-state index contributed by atoms with van der Waals surface area (Å²) in [6.07, 6.45) is 7.68. The molecule has 0 radical (unpaired) electrons. The predicted octanol–water partition coefficient (Wildman–Crippen LogP) is 0.431. The third-order valence-corrected chi connectivity index (χ3v) is 1.48. The maximum Gasteiger partial charge on any atom is 1.00 e. The summed E-state index contributed by atoms with van der Waals surface area (Å²) in [6, 6.07) is 0. The quantitative estimate of drug-likeness (QED) is 0.458. The van der Waals surface area contributed by atoms with Crippen molar-refractivity contribution in [1.29, 1.82) is 0 Å². The largest absolute Gasteiger partial charge is 1.00 e. The van der Waals surface area contributed by atoms with Crippen molar-refractivity contribution < 1.29 is 58.2 Å². The Bertz CT molecular complexity index is 50.7. The van der Waals surface area contributed by atoms with Crippen molar-refractivity contribution in [3.8, 4) is 0 Å². The van der Waals surface area contributed by atoms with Crippen LogP contribution in [0, 0.1) is 12.3 Å². The third kappa shape index (κ3) is 12.5. The van der Waals surface area contributed by atoms with Gasteiger partial charge in [0, 0.05) is 0 Å². The summed E-state index contributed by atoms with van der Waals surface area (Å²) in [5, 5.41) is 0. The van der Waals surface area contributed by atoms with Crippen LogP contribution in [0.3, 0.4) is 0 Å². The Kier molecular flexibility index (Phi) is 15.5. The van der Waals surface area contributed by atoms with Gasteiger partial charge < -0.3 is 6.42 Å². The molecule has 0 aromatic heterocycles. The standard InChI is InChI=1S/C9H19.Rb/c1-4-5-6-7-8-9(2)3;/h5,9H,4,6-8H2,1-3H3;/q-1;+1. The second kappa shape index (κ2) is 10.8. The Morgan fingerprint density at radius 3 is 2.30 bits per heavy atom. The molecule has 1 heteroatoms. The first-order chi connectivity index (χ1) is 4.27. The smallest absolute Gasteiger partial charge is 0.329 e. The molecule has 0 N–H and O–H groups in total. The summed E-state index contributed by atoms with van der Waals surface area (Å²) in [4.78, 5) is 0. The fourth-order valence-corrected chi connectivity index (χ4v) is 0.875. The van der Waals surface area contributed by atoms with Gasteiger partial charge in [0.1, 0.15) is 0 Å². The van der Waals surface area contributed by atoms with E-state index in [0.29, 0.717) is 0 Å². The first-order valence-corrected chi connectivity index (χ1v) is 4.09. The zero-order valence-electron chi connectivity index (χ0n) is 7.98. The van der Waals surface area contributed by atoms with Crippen LogP contribution in [0.2, 0.25) is 0 Å². The SMILES string of the molecule is CC[CH-]CCCC(C)C.[Rb+]. The molecule has 0 saturated heterocycles. The Hall–Kier alpha value is 1.81. The van der Waals surface area contributed by atoms with Crippen LogP contribution >= 0.6 is 0 Å². The van der Waals surface area contributed by atoms with Gasteiger partial charge in [-0.2, -0.15) is 12.8 Å². The molecule has 0 atom stereocenters. The molecule has 0 nitrogen and oxygen atoms in total. The molecule has 0 spiro atoms. The molecular weight excluding hydrogens is 194 g/mol. The maximum atomic E-state index is 2.36. The maximum absolute atomic E-state index is 2.36. The van der Waals surface area contributed by atoms with Gasteiger partial charge in [-0.3, -0.25) is 0 Å². The summed E-state index contributed by atoms with van der Waals surface area (Å²) in [5.41, 5.74) is 0. The Balaban J connectivity index is 0. The normalized spacial score (nSPS) is 9.60. The van der Waals surface area contributed by atoms with E-state index in [9.17, 15) is 0 Å². The minimum absolute atomic E-state index is 0. The first-order valence-electron chi connectivity index (χ1n) is 4.09. The molecule has 0 aliphatic carbocycles. The van der Waals surface area contributed by atoms with Gasteiger partial charge in [-0.25, -0.2) is 0 Å². The van der Waals surface area contributed by atoms with Gasteiger partial charge in [0.05, 0.1) is 0 Å². The predicted molar refractivity (Wildman–Crippen MR) is 43.3 cm³/mol. The minimum Gasteiger partial charge on any atom is -0.329 e. The van der Waals surface area contributed by atoms with E-state index in [4.69, 9.17) is 0 Å². The van der Waals surface area contributed by atoms with Gasteiger partial charge in [0.15, 0.2) is 0 Å². The molecule has 0 unspecified atom stereocenters. The summed E-state index contributed by atoms with van der Waals surface area (Å²) < 4.78 is 0. The van der Waals surface area contributed by atoms with Crippen LogP contribution in [0.1, 0.15) is 46.5 Å². The molecule has 0 aliphatic rings. The fraction of sp³-hybridized carbons (Fsp3) is 0.889. The second-order valence-corrected chi connectivity index (χ2v) is 3.02. The van der Waals surface area contributed by atoms with Crippen molar-refractivity contribution in [3.63, 3.8) is 0 Å². The number of hydrogen-bond acceptors (Lipinski definition) is 0. The minimum atomic E-state index is 0. The van der Waals surface area contributed by atoms with E-state index in [1.54, 1.807) is 0 Å². The van der Waals surface area contributed by atoms with Gasteiger partial charge in [0.25, 0.3) is 0 Å². The molecule has 0 amide bonds. The van der Waals surface area contributed by atoms with E-state index in [2.05, 4.69) is 27.2 Å².